The molecule has 1 fully saturated rings. The van der Waals surface area contributed by atoms with Crippen LogP contribution in [0.2, 0.25) is 0 Å². The zero-order chi connectivity index (χ0) is 29.4. The number of halogens is 2. The molecule has 4 heterocycles. The monoisotopic (exact) mass is 567 g/mol. The molecule has 1 aliphatic rings. The normalized spacial score (nSPS) is 13.4. The molecular formula is C33H31F2N5O2. The molecule has 9 heteroatoms. The standard InChI is InChI=1S/C33H31F2N5O2/c1-19-13-24(41-4)14-20(2)29(19)33-28(17-23(18-37-33)40-9-11-42-12-10-40)39-32-21(3)31(26-7-5-6-8-36-26)38-27-16-22(34)15-25(35)30(27)32/h5-8,13-18H,9-12H2,1-4H3,(H,38,39). The number of fused-ring (bicyclic) bond motifs is 1. The van der Waals surface area contributed by atoms with Crippen LogP contribution >= 0.6 is 0 Å². The summed E-state index contributed by atoms with van der Waals surface area (Å²) in [5.41, 5.74) is 7.70. The van der Waals surface area contributed by atoms with Crippen molar-refractivity contribution >= 4 is 28.0 Å². The number of anilines is 3. The Hall–Kier alpha value is -4.63. The molecule has 2 aromatic carbocycles. The van der Waals surface area contributed by atoms with Crippen molar-refractivity contribution in [2.24, 2.45) is 0 Å². The van der Waals surface area contributed by atoms with Gasteiger partial charge in [-0.05, 0) is 62.2 Å². The minimum atomic E-state index is -0.702. The zero-order valence-corrected chi connectivity index (χ0v) is 24.0. The molecule has 1 aliphatic heterocycles. The molecule has 3 aromatic heterocycles. The van der Waals surface area contributed by atoms with E-state index in [1.807, 2.05) is 63.4 Å². The predicted octanol–water partition coefficient (Wildman–Crippen LogP) is 7.15. The van der Waals surface area contributed by atoms with Crippen molar-refractivity contribution in [1.29, 1.82) is 0 Å². The molecule has 7 nitrogen and oxygen atoms in total. The quantitative estimate of drug-likeness (QED) is 0.234. The fourth-order valence-electron chi connectivity index (χ4n) is 5.61. The van der Waals surface area contributed by atoms with Gasteiger partial charge in [0.25, 0.3) is 0 Å². The Kier molecular flexibility index (Phi) is 7.43. The molecule has 0 unspecified atom stereocenters. The summed E-state index contributed by atoms with van der Waals surface area (Å²) < 4.78 is 41.0. The van der Waals surface area contributed by atoms with Crippen LogP contribution in [0.1, 0.15) is 16.7 Å². The number of pyridine rings is 3. The van der Waals surface area contributed by atoms with E-state index in [9.17, 15) is 4.39 Å². The Morgan fingerprint density at radius 3 is 2.38 bits per heavy atom. The van der Waals surface area contributed by atoms with Gasteiger partial charge in [0.2, 0.25) is 0 Å². The molecule has 0 radical (unpaired) electrons. The van der Waals surface area contributed by atoms with Gasteiger partial charge < -0.3 is 19.7 Å². The lowest BCUT2D eigenvalue weighted by atomic mass is 9.97. The average Bonchev–Trinajstić information content (AvgIpc) is 2.99. The lowest BCUT2D eigenvalue weighted by Crippen LogP contribution is -2.36. The molecular weight excluding hydrogens is 536 g/mol. The van der Waals surface area contributed by atoms with Gasteiger partial charge >= 0.3 is 0 Å². The van der Waals surface area contributed by atoms with E-state index in [-0.39, 0.29) is 10.9 Å². The van der Waals surface area contributed by atoms with Gasteiger partial charge in [0, 0.05) is 42.5 Å². The van der Waals surface area contributed by atoms with Crippen molar-refractivity contribution in [2.75, 3.05) is 43.6 Å². The Morgan fingerprint density at radius 1 is 0.929 bits per heavy atom. The van der Waals surface area contributed by atoms with Gasteiger partial charge in [0.05, 0.1) is 71.6 Å². The second kappa shape index (κ2) is 11.3. The number of rotatable bonds is 6. The van der Waals surface area contributed by atoms with E-state index in [4.69, 9.17) is 14.5 Å². The van der Waals surface area contributed by atoms with Crippen molar-refractivity contribution in [3.8, 4) is 28.4 Å². The summed E-state index contributed by atoms with van der Waals surface area (Å²) in [6.07, 6.45) is 3.53. The maximum absolute atomic E-state index is 15.5. The van der Waals surface area contributed by atoms with E-state index in [2.05, 4.69) is 20.2 Å². The highest BCUT2D eigenvalue weighted by atomic mass is 19.1. The summed E-state index contributed by atoms with van der Waals surface area (Å²) in [6, 6.07) is 13.6. The Labute approximate surface area is 243 Å². The first-order chi connectivity index (χ1) is 20.3. The fourth-order valence-corrected chi connectivity index (χ4v) is 5.61. The molecule has 0 amide bonds. The van der Waals surface area contributed by atoms with E-state index in [0.717, 1.165) is 47.3 Å². The highest BCUT2D eigenvalue weighted by Gasteiger charge is 2.22. The Bertz CT molecular complexity index is 1770. The minimum absolute atomic E-state index is 0.192. The van der Waals surface area contributed by atoms with E-state index in [1.165, 1.54) is 6.07 Å². The van der Waals surface area contributed by atoms with Crippen LogP contribution in [-0.2, 0) is 4.74 Å². The number of morpholine rings is 1. The topological polar surface area (TPSA) is 72.4 Å². The van der Waals surface area contributed by atoms with Crippen molar-refractivity contribution in [3.63, 3.8) is 0 Å². The zero-order valence-electron chi connectivity index (χ0n) is 24.0. The van der Waals surface area contributed by atoms with E-state index >= 15 is 4.39 Å². The molecule has 0 saturated carbocycles. The summed E-state index contributed by atoms with van der Waals surface area (Å²) in [5.74, 6) is -0.644. The molecule has 0 atom stereocenters. The number of aromatic nitrogens is 3. The van der Waals surface area contributed by atoms with E-state index < -0.39 is 11.6 Å². The fraction of sp³-hybridized carbons (Fsp3) is 0.242. The van der Waals surface area contributed by atoms with Gasteiger partial charge in [0.1, 0.15) is 17.4 Å². The Morgan fingerprint density at radius 2 is 1.69 bits per heavy atom. The van der Waals surface area contributed by atoms with Crippen LogP contribution in [0, 0.1) is 32.4 Å². The largest absolute Gasteiger partial charge is 0.497 e. The van der Waals surface area contributed by atoms with Crippen LogP contribution < -0.4 is 15.0 Å². The third-order valence-electron chi connectivity index (χ3n) is 7.64. The highest BCUT2D eigenvalue weighted by Crippen LogP contribution is 2.41. The van der Waals surface area contributed by atoms with Crippen LogP contribution in [0.25, 0.3) is 33.5 Å². The number of nitrogens with one attached hydrogen (secondary N) is 1. The third-order valence-corrected chi connectivity index (χ3v) is 7.64. The minimum Gasteiger partial charge on any atom is -0.497 e. The van der Waals surface area contributed by atoms with Crippen molar-refractivity contribution < 1.29 is 18.3 Å². The number of benzene rings is 2. The number of hydrogen-bond donors (Lipinski definition) is 1. The van der Waals surface area contributed by atoms with Gasteiger partial charge in [0.15, 0.2) is 0 Å². The van der Waals surface area contributed by atoms with Crippen molar-refractivity contribution in [1.82, 2.24) is 15.0 Å². The van der Waals surface area contributed by atoms with Crippen LogP contribution in [-0.4, -0.2) is 48.4 Å². The van der Waals surface area contributed by atoms with Crippen LogP contribution in [0.5, 0.6) is 5.75 Å². The molecule has 0 aliphatic carbocycles. The van der Waals surface area contributed by atoms with Crippen LogP contribution in [0.4, 0.5) is 25.8 Å². The predicted molar refractivity (Wildman–Crippen MR) is 162 cm³/mol. The van der Waals surface area contributed by atoms with E-state index in [1.54, 1.807) is 13.3 Å². The summed E-state index contributed by atoms with van der Waals surface area (Å²) in [6.45, 7) is 8.61. The summed E-state index contributed by atoms with van der Waals surface area (Å²) in [5, 5.41) is 3.73. The highest BCUT2D eigenvalue weighted by molar-refractivity contribution is 5.99. The molecule has 0 bridgehead atoms. The van der Waals surface area contributed by atoms with E-state index in [0.29, 0.717) is 47.2 Å². The van der Waals surface area contributed by atoms with Crippen molar-refractivity contribution in [3.05, 3.63) is 89.2 Å². The second-order valence-corrected chi connectivity index (χ2v) is 10.4. The lowest BCUT2D eigenvalue weighted by Gasteiger charge is -2.29. The van der Waals surface area contributed by atoms with Gasteiger partial charge in [-0.25, -0.2) is 13.8 Å². The van der Waals surface area contributed by atoms with Gasteiger partial charge in [-0.2, -0.15) is 0 Å². The first-order valence-electron chi connectivity index (χ1n) is 13.8. The average molecular weight is 568 g/mol. The second-order valence-electron chi connectivity index (χ2n) is 10.4. The maximum atomic E-state index is 15.5. The number of nitrogens with zero attached hydrogens (tertiary/aromatic N) is 4. The molecule has 6 rings (SSSR count). The number of hydrogen-bond acceptors (Lipinski definition) is 7. The van der Waals surface area contributed by atoms with Crippen LogP contribution in [0.3, 0.4) is 0 Å². The number of ether oxygens (including phenoxy) is 2. The first-order valence-corrected chi connectivity index (χ1v) is 13.8. The van der Waals surface area contributed by atoms with Crippen LogP contribution in [0.15, 0.2) is 60.9 Å². The molecule has 214 valence electrons. The molecule has 0 spiro atoms. The molecule has 1 N–H and O–H groups in total. The Balaban J connectivity index is 1.59. The summed E-state index contributed by atoms with van der Waals surface area (Å²) in [7, 11) is 1.64. The molecule has 42 heavy (non-hydrogen) atoms. The lowest BCUT2D eigenvalue weighted by molar-refractivity contribution is 0.122. The summed E-state index contributed by atoms with van der Waals surface area (Å²) >= 11 is 0. The summed E-state index contributed by atoms with van der Waals surface area (Å²) in [4.78, 5) is 16.3. The molecule has 5 aromatic rings. The SMILES string of the molecule is COc1cc(C)c(-c2ncc(N3CCOCC3)cc2Nc2c(C)c(-c3ccccn3)nc3cc(F)cc(F)c23)c(C)c1. The van der Waals surface area contributed by atoms with Gasteiger partial charge in [-0.3, -0.25) is 9.97 Å². The molecule has 1 saturated heterocycles. The first kappa shape index (κ1) is 27.5. The third kappa shape index (κ3) is 5.12. The number of methoxy groups -OCH3 is 1. The van der Waals surface area contributed by atoms with Gasteiger partial charge in [-0.1, -0.05) is 6.07 Å². The van der Waals surface area contributed by atoms with Crippen molar-refractivity contribution in [2.45, 2.75) is 20.8 Å². The smallest absolute Gasteiger partial charge is 0.137 e. The maximum Gasteiger partial charge on any atom is 0.137 e. The number of aryl methyl sites for hydroxylation is 2. The van der Waals surface area contributed by atoms with Gasteiger partial charge in [-0.15, -0.1) is 0 Å².